The van der Waals surface area contributed by atoms with Crippen LogP contribution >= 0.6 is 39.0 Å². The third-order valence-electron chi connectivity index (χ3n) is 6.00. The first-order valence-corrected chi connectivity index (χ1v) is 13.6. The maximum atomic E-state index is 13.4. The molecule has 3 heterocycles. The summed E-state index contributed by atoms with van der Waals surface area (Å²) in [5.74, 6) is -5.17. The molecule has 38 heavy (non-hydrogen) atoms. The molecule has 3 aromatic rings. The van der Waals surface area contributed by atoms with Gasteiger partial charge in [-0.1, -0.05) is 39.0 Å². The molecule has 0 bridgehead atoms. The van der Waals surface area contributed by atoms with Gasteiger partial charge in [-0.25, -0.2) is 4.39 Å². The molecule has 14 heteroatoms. The number of benzene rings is 2. The number of aromatic amines is 1. The van der Waals surface area contributed by atoms with E-state index in [1.807, 2.05) is 0 Å². The summed E-state index contributed by atoms with van der Waals surface area (Å²) in [7, 11) is 0. The van der Waals surface area contributed by atoms with Crippen LogP contribution < -0.4 is 14.9 Å². The average molecular weight is 622 g/mol. The number of ether oxygens (including phenoxy) is 1. The van der Waals surface area contributed by atoms with Crippen LogP contribution in [0.1, 0.15) is 16.4 Å². The van der Waals surface area contributed by atoms with E-state index in [1.165, 1.54) is 24.3 Å². The van der Waals surface area contributed by atoms with Gasteiger partial charge in [0.2, 0.25) is 11.8 Å². The number of halogens is 2. The number of likely N-dealkylation sites (tertiary alicyclic amines) is 1. The molecule has 1 aromatic heterocycles. The number of hydrogen-bond donors (Lipinski definition) is 3. The summed E-state index contributed by atoms with van der Waals surface area (Å²) in [4.78, 5) is 66.1. The lowest BCUT2D eigenvalue weighted by molar-refractivity contribution is -0.149. The van der Waals surface area contributed by atoms with Crippen molar-refractivity contribution in [2.45, 2.75) is 16.2 Å². The number of nitrogens with zero attached hydrogens (tertiary/aromatic N) is 1. The number of anilines is 1. The second kappa shape index (κ2) is 10.3. The van der Waals surface area contributed by atoms with Crippen LogP contribution in [0.15, 0.2) is 56.8 Å². The predicted molar refractivity (Wildman–Crippen MR) is 139 cm³/mol. The summed E-state index contributed by atoms with van der Waals surface area (Å²) < 4.78 is 19.6. The van der Waals surface area contributed by atoms with Crippen LogP contribution in [0.25, 0.3) is 0 Å². The summed E-state index contributed by atoms with van der Waals surface area (Å²) in [6, 6.07) is 10.1. The largest absolute Gasteiger partial charge is 0.483 e. The number of aliphatic carboxylic acids is 1. The second-order valence-electron chi connectivity index (χ2n) is 8.43. The van der Waals surface area contributed by atoms with Crippen molar-refractivity contribution in [1.29, 1.82) is 0 Å². The van der Waals surface area contributed by atoms with E-state index in [2.05, 4.69) is 26.2 Å². The zero-order valence-electron chi connectivity index (χ0n) is 19.1. The Hall–Kier alpha value is -3.49. The SMILES string of the molecule is O=C(O)CN1C(=O)[C@@H]2[C@H](c3cc(Br)ccc3OCC(=O)Nc3ccc(F)cc3)c3sc(=O)[nH]c3S[C@@H]2C1=O. The van der Waals surface area contributed by atoms with Crippen molar-refractivity contribution in [1.82, 2.24) is 9.88 Å². The normalized spacial score (nSPS) is 20.2. The first-order valence-electron chi connectivity index (χ1n) is 11.1. The zero-order chi connectivity index (χ0) is 27.1. The molecule has 0 unspecified atom stereocenters. The number of H-pyrrole nitrogens is 1. The molecular weight excluding hydrogens is 605 g/mol. The van der Waals surface area contributed by atoms with Gasteiger partial charge in [0.15, 0.2) is 6.61 Å². The summed E-state index contributed by atoms with van der Waals surface area (Å²) in [6.07, 6.45) is 0. The fourth-order valence-corrected chi connectivity index (χ4v) is 7.37. The van der Waals surface area contributed by atoms with Crippen LogP contribution in [0.2, 0.25) is 0 Å². The van der Waals surface area contributed by atoms with Gasteiger partial charge >= 0.3 is 10.8 Å². The Bertz CT molecular complexity index is 1520. The fraction of sp³-hybridized carbons (Fsp3) is 0.208. The van der Waals surface area contributed by atoms with Gasteiger partial charge in [0, 0.05) is 26.5 Å². The maximum Gasteiger partial charge on any atom is 0.323 e. The Morgan fingerprint density at radius 2 is 1.87 bits per heavy atom. The van der Waals surface area contributed by atoms with Crippen molar-refractivity contribution in [2.24, 2.45) is 5.92 Å². The molecule has 3 amide bonds. The molecule has 3 N–H and O–H groups in total. The standard InChI is InChI=1S/C24H17BrFN3O7S2/c25-10-1-6-14(36-9-15(30)27-12-4-2-11(26)3-5-12)13(7-10)17-18-20(37-21-19(17)38-24(35)28-21)23(34)29(22(18)33)8-16(31)32/h1-7,17-18,20H,8-9H2,(H,27,30)(H,28,35)(H,31,32)/t17-,18+,20-/m0/s1. The van der Waals surface area contributed by atoms with E-state index in [-0.39, 0.29) is 10.6 Å². The van der Waals surface area contributed by atoms with Gasteiger partial charge in [-0.3, -0.25) is 28.9 Å². The molecule has 0 aliphatic carbocycles. The lowest BCUT2D eigenvalue weighted by Crippen LogP contribution is -2.36. The van der Waals surface area contributed by atoms with Crippen LogP contribution in [0.5, 0.6) is 5.75 Å². The quantitative estimate of drug-likeness (QED) is 0.341. The minimum absolute atomic E-state index is 0.238. The smallest absolute Gasteiger partial charge is 0.323 e. The fourth-order valence-electron chi connectivity index (χ4n) is 4.47. The number of carboxylic acids is 1. The highest BCUT2D eigenvalue weighted by atomic mass is 79.9. The van der Waals surface area contributed by atoms with E-state index < -0.39 is 59.7 Å². The van der Waals surface area contributed by atoms with Crippen molar-refractivity contribution >= 4 is 68.4 Å². The number of thiazole rings is 1. The summed E-state index contributed by atoms with van der Waals surface area (Å²) in [5.41, 5.74) is 0.817. The molecule has 3 atom stereocenters. The Morgan fingerprint density at radius 1 is 1.13 bits per heavy atom. The molecular formula is C24H17BrFN3O7S2. The number of rotatable bonds is 7. The Morgan fingerprint density at radius 3 is 2.58 bits per heavy atom. The van der Waals surface area contributed by atoms with Gasteiger partial charge < -0.3 is 20.1 Å². The van der Waals surface area contributed by atoms with Crippen LogP contribution in [-0.2, 0) is 19.2 Å². The third kappa shape index (κ3) is 4.98. The van der Waals surface area contributed by atoms with Crippen LogP contribution in [-0.4, -0.2) is 57.1 Å². The highest BCUT2D eigenvalue weighted by Crippen LogP contribution is 2.54. The van der Waals surface area contributed by atoms with Gasteiger partial charge in [-0.2, -0.15) is 0 Å². The molecule has 5 rings (SSSR count). The lowest BCUT2D eigenvalue weighted by Gasteiger charge is -2.31. The number of imide groups is 1. The number of hydrogen-bond acceptors (Lipinski definition) is 8. The van der Waals surface area contributed by atoms with E-state index in [9.17, 15) is 33.5 Å². The first kappa shape index (κ1) is 26.1. The molecule has 196 valence electrons. The Labute approximate surface area is 230 Å². The lowest BCUT2D eigenvalue weighted by atomic mass is 9.82. The topological polar surface area (TPSA) is 146 Å². The second-order valence-corrected chi connectivity index (χ2v) is 11.5. The molecule has 2 aromatic carbocycles. The minimum Gasteiger partial charge on any atom is -0.483 e. The van der Waals surface area contributed by atoms with Gasteiger partial charge in [0.25, 0.3) is 5.91 Å². The Kier molecular flexibility index (Phi) is 7.11. The molecule has 0 saturated carbocycles. The molecule has 0 radical (unpaired) electrons. The highest BCUT2D eigenvalue weighted by Gasteiger charge is 2.56. The van der Waals surface area contributed by atoms with E-state index >= 15 is 0 Å². The number of aromatic nitrogens is 1. The van der Waals surface area contributed by atoms with Crippen molar-refractivity contribution in [3.8, 4) is 5.75 Å². The van der Waals surface area contributed by atoms with E-state index in [1.54, 1.807) is 18.2 Å². The number of carbonyl (C=O) groups is 4. The molecule has 10 nitrogen and oxygen atoms in total. The molecule has 2 aliphatic rings. The number of carboxylic acid groups (broad SMARTS) is 1. The Balaban J connectivity index is 1.49. The van der Waals surface area contributed by atoms with Gasteiger partial charge in [0.05, 0.1) is 10.9 Å². The van der Waals surface area contributed by atoms with E-state index in [4.69, 9.17) is 4.74 Å². The predicted octanol–water partition coefficient (Wildman–Crippen LogP) is 3.03. The zero-order valence-corrected chi connectivity index (χ0v) is 22.3. The molecule has 1 fully saturated rings. The van der Waals surface area contributed by atoms with Gasteiger partial charge in [-0.15, -0.1) is 0 Å². The molecule has 0 spiro atoms. The van der Waals surface area contributed by atoms with Crippen molar-refractivity contribution in [3.63, 3.8) is 0 Å². The summed E-state index contributed by atoms with van der Waals surface area (Å²) in [5, 5.41) is 11.3. The molecule has 1 saturated heterocycles. The van der Waals surface area contributed by atoms with Crippen molar-refractivity contribution in [2.75, 3.05) is 18.5 Å². The average Bonchev–Trinajstić information content (AvgIpc) is 3.35. The van der Waals surface area contributed by atoms with Crippen molar-refractivity contribution < 1.29 is 33.4 Å². The molecule has 2 aliphatic heterocycles. The summed E-state index contributed by atoms with van der Waals surface area (Å²) >= 11 is 5.32. The number of nitrogens with one attached hydrogen (secondary N) is 2. The van der Waals surface area contributed by atoms with Gasteiger partial charge in [-0.05, 0) is 42.5 Å². The third-order valence-corrected chi connectivity index (χ3v) is 8.90. The van der Waals surface area contributed by atoms with Gasteiger partial charge in [0.1, 0.15) is 23.4 Å². The maximum absolute atomic E-state index is 13.4. The number of carbonyl (C=O) groups excluding carboxylic acids is 3. The van der Waals surface area contributed by atoms with Crippen LogP contribution in [0.4, 0.5) is 10.1 Å². The minimum atomic E-state index is -1.33. The van der Waals surface area contributed by atoms with Crippen molar-refractivity contribution in [3.05, 3.63) is 72.9 Å². The van der Waals surface area contributed by atoms with E-state index in [0.29, 0.717) is 25.6 Å². The van der Waals surface area contributed by atoms with Crippen LogP contribution in [0, 0.1) is 11.7 Å². The monoisotopic (exact) mass is 621 g/mol. The van der Waals surface area contributed by atoms with E-state index in [0.717, 1.165) is 28.0 Å². The first-order chi connectivity index (χ1) is 18.1. The highest BCUT2D eigenvalue weighted by molar-refractivity contribution is 9.10. The number of fused-ring (bicyclic) bond motifs is 2. The number of thioether (sulfide) groups is 1. The number of amides is 3. The van der Waals surface area contributed by atoms with Crippen LogP contribution in [0.3, 0.4) is 0 Å². The summed E-state index contributed by atoms with van der Waals surface area (Å²) in [6.45, 7) is -1.19.